The van der Waals surface area contributed by atoms with E-state index in [9.17, 15) is 17.6 Å². The van der Waals surface area contributed by atoms with Crippen LogP contribution < -0.4 is 4.72 Å². The fourth-order valence-electron chi connectivity index (χ4n) is 3.10. The number of nitrogens with zero attached hydrogens (tertiary/aromatic N) is 2. The van der Waals surface area contributed by atoms with E-state index in [0.29, 0.717) is 24.2 Å². The zero-order valence-corrected chi connectivity index (χ0v) is 16.8. The maximum Gasteiger partial charge on any atom is 0.261 e. The molecule has 6 nitrogen and oxygen atoms in total. The average molecular weight is 405 g/mol. The lowest BCUT2D eigenvalue weighted by molar-refractivity contribution is 0.0763. The van der Waals surface area contributed by atoms with Gasteiger partial charge in [-0.05, 0) is 62.8 Å². The van der Waals surface area contributed by atoms with Crippen LogP contribution in [0.25, 0.3) is 0 Å². The third-order valence-corrected chi connectivity index (χ3v) is 6.20. The first-order chi connectivity index (χ1) is 13.3. The molecule has 1 fully saturated rings. The fourth-order valence-corrected chi connectivity index (χ4v) is 4.16. The Hall–Kier alpha value is -2.45. The van der Waals surface area contributed by atoms with E-state index in [1.807, 2.05) is 7.05 Å². The summed E-state index contributed by atoms with van der Waals surface area (Å²) in [7, 11) is -1.93. The Morgan fingerprint density at radius 2 is 1.86 bits per heavy atom. The minimum Gasteiger partial charge on any atom is -0.337 e. The Bertz CT molecular complexity index is 978. The van der Waals surface area contributed by atoms with E-state index in [2.05, 4.69) is 9.62 Å². The number of amides is 1. The number of halogens is 1. The summed E-state index contributed by atoms with van der Waals surface area (Å²) >= 11 is 0. The number of hydrogen-bond acceptors (Lipinski definition) is 4. The molecule has 2 aromatic rings. The summed E-state index contributed by atoms with van der Waals surface area (Å²) in [6.45, 7) is 4.61. The van der Waals surface area contributed by atoms with Crippen LogP contribution in [0.2, 0.25) is 0 Å². The van der Waals surface area contributed by atoms with Crippen LogP contribution in [-0.2, 0) is 10.0 Å². The van der Waals surface area contributed by atoms with Gasteiger partial charge in [-0.1, -0.05) is 12.1 Å². The second kappa shape index (κ2) is 8.28. The van der Waals surface area contributed by atoms with Gasteiger partial charge in [-0.3, -0.25) is 9.52 Å². The molecular weight excluding hydrogens is 381 g/mol. The molecule has 0 radical (unpaired) electrons. The van der Waals surface area contributed by atoms with Crippen LogP contribution in [0.4, 0.5) is 10.1 Å². The van der Waals surface area contributed by atoms with Crippen molar-refractivity contribution in [3.8, 4) is 0 Å². The summed E-state index contributed by atoms with van der Waals surface area (Å²) in [6, 6.07) is 10.1. The van der Waals surface area contributed by atoms with Gasteiger partial charge in [0.25, 0.3) is 15.9 Å². The van der Waals surface area contributed by atoms with E-state index < -0.39 is 15.8 Å². The van der Waals surface area contributed by atoms with Gasteiger partial charge in [0.2, 0.25) is 0 Å². The second-order valence-electron chi connectivity index (χ2n) is 7.05. The molecule has 1 aliphatic rings. The smallest absolute Gasteiger partial charge is 0.261 e. The Labute approximate surface area is 165 Å². The summed E-state index contributed by atoms with van der Waals surface area (Å²) in [4.78, 5) is 16.6. The summed E-state index contributed by atoms with van der Waals surface area (Å²) in [6.07, 6.45) is 0.896. The topological polar surface area (TPSA) is 69.7 Å². The predicted octanol–water partition coefficient (Wildman–Crippen LogP) is 2.71. The molecule has 0 spiro atoms. The Morgan fingerprint density at radius 1 is 1.07 bits per heavy atom. The third-order valence-electron chi connectivity index (χ3n) is 4.82. The van der Waals surface area contributed by atoms with Crippen molar-refractivity contribution < 1.29 is 17.6 Å². The molecule has 28 heavy (non-hydrogen) atoms. The van der Waals surface area contributed by atoms with E-state index >= 15 is 0 Å². The van der Waals surface area contributed by atoms with Gasteiger partial charge in [0.05, 0.1) is 4.90 Å². The van der Waals surface area contributed by atoms with Crippen LogP contribution in [0.3, 0.4) is 0 Å². The number of sulfonamides is 1. The van der Waals surface area contributed by atoms with Crippen LogP contribution in [0.15, 0.2) is 47.4 Å². The van der Waals surface area contributed by atoms with Gasteiger partial charge < -0.3 is 9.80 Å². The van der Waals surface area contributed by atoms with E-state index in [-0.39, 0.29) is 16.5 Å². The Balaban J connectivity index is 1.79. The normalized spacial score (nSPS) is 15.9. The first kappa shape index (κ1) is 20.3. The van der Waals surface area contributed by atoms with Crippen molar-refractivity contribution in [3.63, 3.8) is 0 Å². The van der Waals surface area contributed by atoms with Gasteiger partial charge in [-0.2, -0.15) is 0 Å². The van der Waals surface area contributed by atoms with Gasteiger partial charge in [0.15, 0.2) is 0 Å². The van der Waals surface area contributed by atoms with Crippen LogP contribution >= 0.6 is 0 Å². The van der Waals surface area contributed by atoms with Gasteiger partial charge in [0.1, 0.15) is 5.82 Å². The van der Waals surface area contributed by atoms with Crippen molar-refractivity contribution in [1.82, 2.24) is 9.80 Å². The number of nitrogens with one attached hydrogen (secondary N) is 1. The third kappa shape index (κ3) is 4.69. The van der Waals surface area contributed by atoms with E-state index in [4.69, 9.17) is 0 Å². The van der Waals surface area contributed by atoms with E-state index in [0.717, 1.165) is 25.6 Å². The lowest BCUT2D eigenvalue weighted by Crippen LogP contribution is -2.34. The monoisotopic (exact) mass is 405 g/mol. The van der Waals surface area contributed by atoms with Crippen LogP contribution in [-0.4, -0.2) is 57.4 Å². The zero-order chi connectivity index (χ0) is 20.3. The number of benzene rings is 2. The van der Waals surface area contributed by atoms with Crippen molar-refractivity contribution in [1.29, 1.82) is 0 Å². The number of carbonyl (C=O) groups excluding carboxylic acids is 1. The van der Waals surface area contributed by atoms with Crippen molar-refractivity contribution >= 4 is 21.6 Å². The molecule has 8 heteroatoms. The number of anilines is 1. The number of hydrogen-bond donors (Lipinski definition) is 1. The Morgan fingerprint density at radius 3 is 2.61 bits per heavy atom. The largest absolute Gasteiger partial charge is 0.337 e. The summed E-state index contributed by atoms with van der Waals surface area (Å²) in [5.74, 6) is -0.712. The molecule has 0 saturated carbocycles. The maximum absolute atomic E-state index is 13.7. The van der Waals surface area contributed by atoms with Gasteiger partial charge in [0, 0.05) is 30.9 Å². The highest BCUT2D eigenvalue weighted by Crippen LogP contribution is 2.20. The molecular formula is C20H24FN3O3S. The first-order valence-electron chi connectivity index (χ1n) is 9.13. The molecule has 1 amide bonds. The molecule has 1 heterocycles. The quantitative estimate of drug-likeness (QED) is 0.849. The minimum atomic E-state index is -3.95. The second-order valence-corrected chi connectivity index (χ2v) is 8.73. The molecule has 1 aliphatic heterocycles. The van der Waals surface area contributed by atoms with Crippen LogP contribution in [0.1, 0.15) is 22.3 Å². The SMILES string of the molecule is Cc1ccc(S(=O)(=O)Nc2cccc(C(=O)N3CCCN(C)CC3)c2)cc1F. The highest BCUT2D eigenvalue weighted by Gasteiger charge is 2.20. The lowest BCUT2D eigenvalue weighted by Gasteiger charge is -2.21. The summed E-state index contributed by atoms with van der Waals surface area (Å²) < 4.78 is 41.3. The average Bonchev–Trinajstić information content (AvgIpc) is 2.87. The van der Waals surface area contributed by atoms with Gasteiger partial charge in [-0.15, -0.1) is 0 Å². The maximum atomic E-state index is 13.7. The standard InChI is InChI=1S/C20H24FN3O3S/c1-15-7-8-18(14-19(15)21)28(26,27)22-17-6-3-5-16(13-17)20(25)24-10-4-9-23(2)11-12-24/h3,5-8,13-14,22H,4,9-12H2,1-2H3. The molecule has 0 aromatic heterocycles. The zero-order valence-electron chi connectivity index (χ0n) is 16.0. The highest BCUT2D eigenvalue weighted by molar-refractivity contribution is 7.92. The molecule has 150 valence electrons. The van der Waals surface area contributed by atoms with Crippen molar-refractivity contribution in [3.05, 3.63) is 59.4 Å². The number of likely N-dealkylation sites (N-methyl/N-ethyl adjacent to an activating group) is 1. The van der Waals surface area contributed by atoms with Crippen LogP contribution in [0.5, 0.6) is 0 Å². The Kier molecular flexibility index (Phi) is 6.00. The number of carbonyl (C=O) groups is 1. The summed E-state index contributed by atoms with van der Waals surface area (Å²) in [5.41, 5.74) is 1.05. The lowest BCUT2D eigenvalue weighted by atomic mass is 10.1. The van der Waals surface area contributed by atoms with Crippen molar-refractivity contribution in [2.45, 2.75) is 18.2 Å². The number of aryl methyl sites for hydroxylation is 1. The molecule has 0 aliphatic carbocycles. The number of rotatable bonds is 4. The van der Waals surface area contributed by atoms with Crippen LogP contribution in [0, 0.1) is 12.7 Å². The predicted molar refractivity (Wildman–Crippen MR) is 106 cm³/mol. The molecule has 0 unspecified atom stereocenters. The van der Waals surface area contributed by atoms with Crippen molar-refractivity contribution in [2.75, 3.05) is 37.9 Å². The van der Waals surface area contributed by atoms with Gasteiger partial charge >= 0.3 is 0 Å². The van der Waals surface area contributed by atoms with Gasteiger partial charge in [-0.25, -0.2) is 12.8 Å². The highest BCUT2D eigenvalue weighted by atomic mass is 32.2. The van der Waals surface area contributed by atoms with E-state index in [1.54, 1.807) is 30.0 Å². The first-order valence-corrected chi connectivity index (χ1v) is 10.6. The molecule has 0 bridgehead atoms. The molecule has 2 aromatic carbocycles. The molecule has 1 N–H and O–H groups in total. The molecule has 3 rings (SSSR count). The molecule has 1 saturated heterocycles. The fraction of sp³-hybridized carbons (Fsp3) is 0.350. The molecule has 0 atom stereocenters. The summed E-state index contributed by atoms with van der Waals surface area (Å²) in [5, 5.41) is 0. The van der Waals surface area contributed by atoms with E-state index in [1.165, 1.54) is 18.2 Å². The minimum absolute atomic E-state index is 0.127. The van der Waals surface area contributed by atoms with Crippen molar-refractivity contribution in [2.24, 2.45) is 0 Å².